The summed E-state index contributed by atoms with van der Waals surface area (Å²) in [5.74, 6) is -0.715. The molecule has 2 aromatic carbocycles. The third kappa shape index (κ3) is 4.17. The highest BCUT2D eigenvalue weighted by atomic mass is 35.5. The summed E-state index contributed by atoms with van der Waals surface area (Å²) in [6.07, 6.45) is -3.03. The van der Waals surface area contributed by atoms with Gasteiger partial charge in [0.15, 0.2) is 5.65 Å². The lowest BCUT2D eigenvalue weighted by Gasteiger charge is -2.14. The van der Waals surface area contributed by atoms with Crippen molar-refractivity contribution in [3.05, 3.63) is 76.6 Å². The van der Waals surface area contributed by atoms with E-state index in [1.54, 1.807) is 31.2 Å². The van der Waals surface area contributed by atoms with E-state index in [0.717, 1.165) is 12.1 Å². The monoisotopic (exact) mass is 475 g/mol. The second-order valence-corrected chi connectivity index (χ2v) is 7.42. The zero-order valence-electron chi connectivity index (χ0n) is 17.2. The summed E-state index contributed by atoms with van der Waals surface area (Å²) in [5, 5.41) is 14.5. The quantitative estimate of drug-likeness (QED) is 0.391. The number of hydrogen-bond acceptors (Lipinski definition) is 5. The summed E-state index contributed by atoms with van der Waals surface area (Å²) >= 11 is 6.39. The average Bonchev–Trinajstić information content (AvgIpc) is 3.17. The number of benzene rings is 2. The molecule has 0 saturated heterocycles. The molecule has 4 aromatic rings. The second kappa shape index (κ2) is 8.84. The highest BCUT2D eigenvalue weighted by molar-refractivity contribution is 6.33. The van der Waals surface area contributed by atoms with Crippen LogP contribution in [0.2, 0.25) is 5.02 Å². The van der Waals surface area contributed by atoms with Gasteiger partial charge in [-0.2, -0.15) is 18.3 Å². The molecule has 0 atom stereocenters. The topological polar surface area (TPSA) is 76.7 Å². The van der Waals surface area contributed by atoms with E-state index in [-0.39, 0.29) is 23.5 Å². The number of fused-ring (bicyclic) bond motifs is 1. The van der Waals surface area contributed by atoms with Crippen LogP contribution in [0.1, 0.15) is 28.5 Å². The molecule has 2 aromatic heterocycles. The van der Waals surface area contributed by atoms with Crippen molar-refractivity contribution in [3.63, 3.8) is 0 Å². The minimum absolute atomic E-state index is 0.0155. The molecule has 4 rings (SSSR count). The van der Waals surface area contributed by atoms with Crippen LogP contribution < -0.4 is 0 Å². The molecule has 6 nitrogen and oxygen atoms in total. The van der Waals surface area contributed by atoms with Gasteiger partial charge in [0.2, 0.25) is 0 Å². The summed E-state index contributed by atoms with van der Waals surface area (Å²) in [7, 11) is 0. The standard InChI is InChI=1S/C23H17ClF3N3O3/c1-2-33-22(32)19-18(12-31)29-30-20(13-7-9-14(10-8-13)23(25,26)27)16(11-28-21(19)30)15-5-3-4-6-17(15)24/h3-11,31H,2,12H2,1H3. The zero-order valence-corrected chi connectivity index (χ0v) is 18.0. The highest BCUT2D eigenvalue weighted by Crippen LogP contribution is 2.38. The van der Waals surface area contributed by atoms with E-state index >= 15 is 0 Å². The number of halogens is 4. The molecule has 0 aliphatic carbocycles. The predicted molar refractivity (Wildman–Crippen MR) is 116 cm³/mol. The Labute approximate surface area is 191 Å². The number of alkyl halides is 3. The van der Waals surface area contributed by atoms with E-state index in [9.17, 15) is 23.1 Å². The number of esters is 1. The molecular weight excluding hydrogens is 459 g/mol. The van der Waals surface area contributed by atoms with Crippen molar-refractivity contribution >= 4 is 23.2 Å². The smallest absolute Gasteiger partial charge is 0.416 e. The van der Waals surface area contributed by atoms with Crippen LogP contribution >= 0.6 is 11.6 Å². The maximum absolute atomic E-state index is 13.1. The first-order valence-corrected chi connectivity index (χ1v) is 10.2. The maximum Gasteiger partial charge on any atom is 0.416 e. The molecule has 0 unspecified atom stereocenters. The molecule has 0 saturated carbocycles. The molecule has 0 bridgehead atoms. The molecule has 0 aliphatic rings. The van der Waals surface area contributed by atoms with Crippen LogP contribution in [0.3, 0.4) is 0 Å². The molecule has 0 fully saturated rings. The van der Waals surface area contributed by atoms with E-state index < -0.39 is 24.3 Å². The van der Waals surface area contributed by atoms with Gasteiger partial charge in [-0.05, 0) is 25.1 Å². The van der Waals surface area contributed by atoms with Crippen LogP contribution in [0.5, 0.6) is 0 Å². The molecule has 170 valence electrons. The number of aliphatic hydroxyl groups excluding tert-OH is 1. The Morgan fingerprint density at radius 1 is 1.12 bits per heavy atom. The molecule has 0 radical (unpaired) electrons. The number of ether oxygens (including phenoxy) is 1. The van der Waals surface area contributed by atoms with Crippen molar-refractivity contribution in [2.75, 3.05) is 6.61 Å². The van der Waals surface area contributed by atoms with Gasteiger partial charge in [0.1, 0.15) is 11.3 Å². The van der Waals surface area contributed by atoms with E-state index in [1.165, 1.54) is 22.8 Å². The average molecular weight is 476 g/mol. The lowest BCUT2D eigenvalue weighted by atomic mass is 9.99. The maximum atomic E-state index is 13.1. The van der Waals surface area contributed by atoms with Gasteiger partial charge in [-0.15, -0.1) is 0 Å². The Hall–Kier alpha value is -3.43. The lowest BCUT2D eigenvalue weighted by Crippen LogP contribution is -2.08. The van der Waals surface area contributed by atoms with Gasteiger partial charge in [0, 0.05) is 27.9 Å². The first-order valence-electron chi connectivity index (χ1n) is 9.87. The van der Waals surface area contributed by atoms with Crippen molar-refractivity contribution in [1.82, 2.24) is 14.6 Å². The fourth-order valence-electron chi connectivity index (χ4n) is 3.52. The third-order valence-corrected chi connectivity index (χ3v) is 5.32. The normalized spacial score (nSPS) is 11.7. The summed E-state index contributed by atoms with van der Waals surface area (Å²) in [6, 6.07) is 11.4. The van der Waals surface area contributed by atoms with Gasteiger partial charge >= 0.3 is 12.1 Å². The Bertz CT molecular complexity index is 1330. The van der Waals surface area contributed by atoms with E-state index in [1.807, 2.05) is 0 Å². The minimum atomic E-state index is -4.50. The first kappa shape index (κ1) is 22.8. The van der Waals surface area contributed by atoms with Gasteiger partial charge in [-0.25, -0.2) is 14.3 Å². The third-order valence-electron chi connectivity index (χ3n) is 5.00. The van der Waals surface area contributed by atoms with Crippen LogP contribution in [0, 0.1) is 0 Å². The van der Waals surface area contributed by atoms with Crippen LogP contribution in [-0.2, 0) is 17.5 Å². The van der Waals surface area contributed by atoms with Crippen LogP contribution in [-0.4, -0.2) is 32.3 Å². The number of hydrogen-bond donors (Lipinski definition) is 1. The Morgan fingerprint density at radius 3 is 2.42 bits per heavy atom. The SMILES string of the molecule is CCOC(=O)c1c(CO)nn2c(-c3ccc(C(F)(F)F)cc3)c(-c3ccccc3Cl)cnc12. The number of carbonyl (C=O) groups excluding carboxylic acids is 1. The van der Waals surface area contributed by atoms with Crippen LogP contribution in [0.25, 0.3) is 28.0 Å². The largest absolute Gasteiger partial charge is 0.462 e. The Balaban J connectivity index is 2.05. The number of carbonyl (C=O) groups is 1. The highest BCUT2D eigenvalue weighted by Gasteiger charge is 2.31. The summed E-state index contributed by atoms with van der Waals surface area (Å²) in [5.41, 5.74) is 1.10. The Morgan fingerprint density at radius 2 is 1.82 bits per heavy atom. The summed E-state index contributed by atoms with van der Waals surface area (Å²) in [4.78, 5) is 16.9. The number of rotatable bonds is 5. The number of aromatic nitrogens is 3. The number of nitrogens with zero attached hydrogens (tertiary/aromatic N) is 3. The van der Waals surface area contributed by atoms with E-state index in [2.05, 4.69) is 10.1 Å². The van der Waals surface area contributed by atoms with Crippen LogP contribution in [0.15, 0.2) is 54.7 Å². The van der Waals surface area contributed by atoms with Gasteiger partial charge < -0.3 is 9.84 Å². The predicted octanol–water partition coefficient (Wildman–Crippen LogP) is 5.40. The minimum Gasteiger partial charge on any atom is -0.462 e. The molecule has 10 heteroatoms. The zero-order chi connectivity index (χ0) is 23.8. The molecule has 0 aliphatic heterocycles. The van der Waals surface area contributed by atoms with Crippen molar-refractivity contribution < 1.29 is 27.8 Å². The molecule has 2 heterocycles. The number of aliphatic hydroxyl groups is 1. The molecular formula is C23H17ClF3N3O3. The summed E-state index contributed by atoms with van der Waals surface area (Å²) in [6.45, 7) is 1.18. The van der Waals surface area contributed by atoms with Crippen molar-refractivity contribution in [2.45, 2.75) is 19.7 Å². The van der Waals surface area contributed by atoms with E-state index in [4.69, 9.17) is 16.3 Å². The van der Waals surface area contributed by atoms with Crippen molar-refractivity contribution in [2.24, 2.45) is 0 Å². The van der Waals surface area contributed by atoms with Crippen molar-refractivity contribution in [3.8, 4) is 22.4 Å². The van der Waals surface area contributed by atoms with Gasteiger partial charge in [-0.3, -0.25) is 0 Å². The lowest BCUT2D eigenvalue weighted by molar-refractivity contribution is -0.137. The second-order valence-electron chi connectivity index (χ2n) is 7.01. The molecule has 1 N–H and O–H groups in total. The summed E-state index contributed by atoms with van der Waals surface area (Å²) < 4.78 is 45.7. The van der Waals surface area contributed by atoms with Gasteiger partial charge in [-0.1, -0.05) is 41.9 Å². The Kier molecular flexibility index (Phi) is 6.09. The van der Waals surface area contributed by atoms with Gasteiger partial charge in [0.05, 0.1) is 24.5 Å². The van der Waals surface area contributed by atoms with E-state index in [0.29, 0.717) is 27.4 Å². The fourth-order valence-corrected chi connectivity index (χ4v) is 3.76. The first-order chi connectivity index (χ1) is 15.8. The fraction of sp³-hybridized carbons (Fsp3) is 0.174. The van der Waals surface area contributed by atoms with Gasteiger partial charge in [0.25, 0.3) is 0 Å². The molecule has 0 amide bonds. The van der Waals surface area contributed by atoms with Crippen molar-refractivity contribution in [1.29, 1.82) is 0 Å². The molecule has 0 spiro atoms. The molecule has 33 heavy (non-hydrogen) atoms. The van der Waals surface area contributed by atoms with Crippen LogP contribution in [0.4, 0.5) is 13.2 Å².